The fourth-order valence-electron chi connectivity index (χ4n) is 3.34. The maximum atomic E-state index is 12.2. The molecule has 1 fully saturated rings. The summed E-state index contributed by atoms with van der Waals surface area (Å²) >= 11 is 1.66. The first-order valence-corrected chi connectivity index (χ1v) is 8.63. The fourth-order valence-corrected chi connectivity index (χ4v) is 4.51. The van der Waals surface area contributed by atoms with Gasteiger partial charge < -0.3 is 10.4 Å². The molecule has 4 heteroatoms. The summed E-state index contributed by atoms with van der Waals surface area (Å²) in [6.45, 7) is 0.614. The van der Waals surface area contributed by atoms with Crippen molar-refractivity contribution in [2.24, 2.45) is 5.92 Å². The molecule has 0 aliphatic heterocycles. The van der Waals surface area contributed by atoms with E-state index in [1.54, 1.807) is 11.3 Å². The second-order valence-electron chi connectivity index (χ2n) is 6.09. The second-order valence-corrected chi connectivity index (χ2v) is 7.22. The van der Waals surface area contributed by atoms with Crippen molar-refractivity contribution in [1.29, 1.82) is 0 Å². The number of aliphatic hydroxyl groups excluding tert-OH is 1. The number of amides is 1. The average Bonchev–Trinajstić information content (AvgIpc) is 2.90. The van der Waals surface area contributed by atoms with E-state index in [1.165, 1.54) is 29.7 Å². The van der Waals surface area contributed by atoms with E-state index < -0.39 is 0 Å². The van der Waals surface area contributed by atoms with Crippen molar-refractivity contribution < 1.29 is 9.90 Å². The summed E-state index contributed by atoms with van der Waals surface area (Å²) in [6.07, 6.45) is 8.72. The van der Waals surface area contributed by atoms with Gasteiger partial charge in [0.05, 0.1) is 11.0 Å². The zero-order valence-corrected chi connectivity index (χ0v) is 12.7. The molecule has 1 aromatic heterocycles. The van der Waals surface area contributed by atoms with Crippen molar-refractivity contribution in [2.45, 2.75) is 57.5 Å². The Balaban J connectivity index is 1.57. The Labute approximate surface area is 124 Å². The Morgan fingerprint density at radius 2 is 2.05 bits per heavy atom. The van der Waals surface area contributed by atoms with Crippen LogP contribution in [0.25, 0.3) is 0 Å². The van der Waals surface area contributed by atoms with Gasteiger partial charge in [0.2, 0.25) is 0 Å². The summed E-state index contributed by atoms with van der Waals surface area (Å²) in [5.41, 5.74) is 1.38. The number of hydrogen-bond donors (Lipinski definition) is 2. The van der Waals surface area contributed by atoms with Crippen LogP contribution >= 0.6 is 11.3 Å². The van der Waals surface area contributed by atoms with Gasteiger partial charge in [0, 0.05) is 17.3 Å². The van der Waals surface area contributed by atoms with Crippen LogP contribution in [0, 0.1) is 5.92 Å². The number of rotatable bonds is 3. The van der Waals surface area contributed by atoms with Gasteiger partial charge in [-0.1, -0.05) is 12.8 Å². The molecule has 1 saturated carbocycles. The van der Waals surface area contributed by atoms with E-state index in [1.807, 2.05) is 0 Å². The van der Waals surface area contributed by atoms with E-state index in [-0.39, 0.29) is 17.9 Å². The molecule has 2 aliphatic rings. The summed E-state index contributed by atoms with van der Waals surface area (Å²) in [5.74, 6) is 0.282. The smallest absolute Gasteiger partial charge is 0.261 e. The maximum Gasteiger partial charge on any atom is 0.261 e. The van der Waals surface area contributed by atoms with Crippen LogP contribution in [-0.4, -0.2) is 23.7 Å². The molecule has 110 valence electrons. The Hall–Kier alpha value is -0.870. The van der Waals surface area contributed by atoms with Gasteiger partial charge in [0.25, 0.3) is 5.91 Å². The monoisotopic (exact) mass is 293 g/mol. The molecule has 20 heavy (non-hydrogen) atoms. The molecule has 1 amide bonds. The minimum Gasteiger partial charge on any atom is -0.393 e. The average molecular weight is 293 g/mol. The van der Waals surface area contributed by atoms with Crippen molar-refractivity contribution in [3.8, 4) is 0 Å². The number of carbonyl (C=O) groups is 1. The van der Waals surface area contributed by atoms with Gasteiger partial charge in [0.15, 0.2) is 0 Å². The Morgan fingerprint density at radius 3 is 2.85 bits per heavy atom. The Bertz CT molecular complexity index is 459. The maximum absolute atomic E-state index is 12.2. The van der Waals surface area contributed by atoms with E-state index >= 15 is 0 Å². The van der Waals surface area contributed by atoms with Crippen molar-refractivity contribution >= 4 is 17.2 Å². The van der Waals surface area contributed by atoms with Gasteiger partial charge in [-0.15, -0.1) is 11.3 Å². The molecule has 0 radical (unpaired) electrons. The van der Waals surface area contributed by atoms with Gasteiger partial charge >= 0.3 is 0 Å². The predicted octanol–water partition coefficient (Wildman–Crippen LogP) is 2.91. The van der Waals surface area contributed by atoms with Crippen LogP contribution in [0.2, 0.25) is 0 Å². The third-order valence-corrected chi connectivity index (χ3v) is 5.85. The highest BCUT2D eigenvalue weighted by molar-refractivity contribution is 7.14. The first-order chi connectivity index (χ1) is 9.74. The molecule has 1 aromatic rings. The number of aliphatic hydroxyl groups is 1. The number of hydrogen-bond acceptors (Lipinski definition) is 3. The van der Waals surface area contributed by atoms with Crippen LogP contribution in [-0.2, 0) is 12.8 Å². The van der Waals surface area contributed by atoms with Gasteiger partial charge in [0.1, 0.15) is 0 Å². The molecular weight excluding hydrogens is 270 g/mol. The molecule has 3 nitrogen and oxygen atoms in total. The normalized spacial score (nSPS) is 26.1. The van der Waals surface area contributed by atoms with Crippen molar-refractivity contribution in [3.63, 3.8) is 0 Å². The summed E-state index contributed by atoms with van der Waals surface area (Å²) in [6, 6.07) is 2.08. The lowest BCUT2D eigenvalue weighted by molar-refractivity contribution is 0.0664. The lowest BCUT2D eigenvalue weighted by Crippen LogP contribution is -2.36. The van der Waals surface area contributed by atoms with Crippen molar-refractivity contribution in [2.75, 3.05) is 6.54 Å². The number of thiophene rings is 1. The Morgan fingerprint density at radius 1 is 1.25 bits per heavy atom. The van der Waals surface area contributed by atoms with Gasteiger partial charge in [-0.2, -0.15) is 0 Å². The molecule has 0 aromatic carbocycles. The number of carbonyl (C=O) groups excluding carboxylic acids is 1. The molecule has 0 spiro atoms. The molecule has 2 atom stereocenters. The minimum atomic E-state index is -0.236. The van der Waals surface area contributed by atoms with Crippen LogP contribution in [0.1, 0.15) is 58.6 Å². The zero-order valence-electron chi connectivity index (χ0n) is 11.9. The minimum absolute atomic E-state index is 0.0437. The molecule has 2 aliphatic carbocycles. The van der Waals surface area contributed by atoms with Crippen LogP contribution in [0.3, 0.4) is 0 Å². The first-order valence-electron chi connectivity index (χ1n) is 7.82. The van der Waals surface area contributed by atoms with Crippen LogP contribution in [0.5, 0.6) is 0 Å². The van der Waals surface area contributed by atoms with E-state index in [9.17, 15) is 9.90 Å². The van der Waals surface area contributed by atoms with E-state index in [0.717, 1.165) is 37.0 Å². The highest BCUT2D eigenvalue weighted by atomic mass is 32.1. The molecule has 0 bridgehead atoms. The summed E-state index contributed by atoms with van der Waals surface area (Å²) in [7, 11) is 0. The SMILES string of the molecule is O=C(NCC1CCCCC1O)c1cc2c(s1)CCCC2. The molecule has 2 unspecified atom stereocenters. The van der Waals surface area contributed by atoms with Crippen molar-refractivity contribution in [1.82, 2.24) is 5.32 Å². The lowest BCUT2D eigenvalue weighted by atomic mass is 9.86. The topological polar surface area (TPSA) is 49.3 Å². The highest BCUT2D eigenvalue weighted by Gasteiger charge is 2.24. The summed E-state index contributed by atoms with van der Waals surface area (Å²) in [5, 5.41) is 13.0. The Kier molecular flexibility index (Phi) is 4.41. The van der Waals surface area contributed by atoms with Crippen LogP contribution in [0.4, 0.5) is 0 Å². The van der Waals surface area contributed by atoms with Crippen LogP contribution < -0.4 is 5.32 Å². The van der Waals surface area contributed by atoms with E-state index in [0.29, 0.717) is 6.54 Å². The number of aryl methyl sites for hydroxylation is 2. The third kappa shape index (κ3) is 3.07. The number of fused-ring (bicyclic) bond motifs is 1. The largest absolute Gasteiger partial charge is 0.393 e. The molecular formula is C16H23NO2S. The van der Waals surface area contributed by atoms with E-state index in [2.05, 4.69) is 11.4 Å². The highest BCUT2D eigenvalue weighted by Crippen LogP contribution is 2.30. The first kappa shape index (κ1) is 14.1. The number of nitrogens with one attached hydrogen (secondary N) is 1. The van der Waals surface area contributed by atoms with Gasteiger partial charge in [-0.25, -0.2) is 0 Å². The fraction of sp³-hybridized carbons (Fsp3) is 0.688. The van der Waals surface area contributed by atoms with E-state index in [4.69, 9.17) is 0 Å². The van der Waals surface area contributed by atoms with Crippen molar-refractivity contribution in [3.05, 3.63) is 21.4 Å². The molecule has 3 rings (SSSR count). The zero-order chi connectivity index (χ0) is 13.9. The quantitative estimate of drug-likeness (QED) is 0.900. The van der Waals surface area contributed by atoms with Gasteiger partial charge in [-0.05, 0) is 50.2 Å². The van der Waals surface area contributed by atoms with Crippen LogP contribution in [0.15, 0.2) is 6.07 Å². The standard InChI is InChI=1S/C16H23NO2S/c18-13-7-3-1-6-12(13)10-17-16(19)15-9-11-5-2-4-8-14(11)20-15/h9,12-13,18H,1-8,10H2,(H,17,19). The molecule has 1 heterocycles. The molecule has 2 N–H and O–H groups in total. The third-order valence-electron chi connectivity index (χ3n) is 4.61. The molecule has 0 saturated heterocycles. The summed E-state index contributed by atoms with van der Waals surface area (Å²) < 4.78 is 0. The lowest BCUT2D eigenvalue weighted by Gasteiger charge is -2.27. The summed E-state index contributed by atoms with van der Waals surface area (Å²) in [4.78, 5) is 14.5. The van der Waals surface area contributed by atoms with Gasteiger partial charge in [-0.3, -0.25) is 4.79 Å². The second kappa shape index (κ2) is 6.27. The predicted molar refractivity (Wildman–Crippen MR) is 81.3 cm³/mol.